The number of benzene rings is 2. The standard InChI is InChI=1S/C27H25ClN6O4/c1-38-21-10-4-18(5-11-21)17-34-24-22(3-2-12-29-24)31-23(26(34)36)25(35)32-13-15-33(16-14-32)27(37)30-20-8-6-19(28)7-9-20/h2-12H,13-17H2,1H3,(H,30,37). The van der Waals surface area contributed by atoms with Crippen molar-refractivity contribution in [2.24, 2.45) is 0 Å². The number of rotatable bonds is 5. The van der Waals surface area contributed by atoms with Crippen LogP contribution in [0.1, 0.15) is 16.1 Å². The van der Waals surface area contributed by atoms with Crippen molar-refractivity contribution in [2.75, 3.05) is 38.6 Å². The normalized spacial score (nSPS) is 13.4. The molecule has 0 aliphatic carbocycles. The van der Waals surface area contributed by atoms with Crippen LogP contribution in [0.2, 0.25) is 5.02 Å². The van der Waals surface area contributed by atoms with Gasteiger partial charge in [-0.3, -0.25) is 14.2 Å². The van der Waals surface area contributed by atoms with Gasteiger partial charge in [0.05, 0.1) is 13.7 Å². The number of urea groups is 1. The first-order valence-corrected chi connectivity index (χ1v) is 12.4. The van der Waals surface area contributed by atoms with Crippen molar-refractivity contribution in [3.63, 3.8) is 0 Å². The zero-order valence-electron chi connectivity index (χ0n) is 20.6. The number of halogens is 1. The average molecular weight is 533 g/mol. The van der Waals surface area contributed by atoms with Crippen LogP contribution in [0.25, 0.3) is 11.2 Å². The SMILES string of the molecule is COc1ccc(Cn2c(=O)c(C(=O)N3CCN(C(=O)Nc4ccc(Cl)cc4)CC3)nc3cccnc32)cc1. The molecule has 1 aliphatic rings. The van der Waals surface area contributed by atoms with Crippen LogP contribution in [0.5, 0.6) is 5.75 Å². The third kappa shape index (κ3) is 5.30. The summed E-state index contributed by atoms with van der Waals surface area (Å²) in [6, 6.07) is 17.3. The van der Waals surface area contributed by atoms with Crippen molar-refractivity contribution in [3.05, 3.63) is 93.5 Å². The summed E-state index contributed by atoms with van der Waals surface area (Å²) in [4.78, 5) is 51.5. The molecule has 194 valence electrons. The Morgan fingerprint density at radius 2 is 1.66 bits per heavy atom. The van der Waals surface area contributed by atoms with Gasteiger partial charge in [0.2, 0.25) is 0 Å². The number of ether oxygens (including phenoxy) is 1. The molecule has 0 radical (unpaired) electrons. The van der Waals surface area contributed by atoms with E-state index < -0.39 is 11.5 Å². The molecule has 10 nitrogen and oxygen atoms in total. The van der Waals surface area contributed by atoms with E-state index in [9.17, 15) is 14.4 Å². The molecule has 1 fully saturated rings. The third-order valence-corrected chi connectivity index (χ3v) is 6.61. The van der Waals surface area contributed by atoms with Gasteiger partial charge in [-0.25, -0.2) is 14.8 Å². The molecule has 0 spiro atoms. The summed E-state index contributed by atoms with van der Waals surface area (Å²) in [5.41, 5.74) is 1.64. The Hall–Kier alpha value is -4.44. The van der Waals surface area contributed by atoms with Crippen LogP contribution in [0.4, 0.5) is 10.5 Å². The predicted molar refractivity (Wildman–Crippen MR) is 144 cm³/mol. The zero-order chi connectivity index (χ0) is 26.6. The number of amides is 3. The van der Waals surface area contributed by atoms with Gasteiger partial charge in [-0.05, 0) is 54.1 Å². The molecule has 3 amide bonds. The fraction of sp³-hybridized carbons (Fsp3) is 0.222. The number of carbonyl (C=O) groups excluding carboxylic acids is 2. The molecule has 4 aromatic rings. The number of carbonyl (C=O) groups is 2. The number of fused-ring (bicyclic) bond motifs is 1. The molecular weight excluding hydrogens is 508 g/mol. The van der Waals surface area contributed by atoms with Gasteiger partial charge in [0.15, 0.2) is 11.3 Å². The summed E-state index contributed by atoms with van der Waals surface area (Å²) in [7, 11) is 1.59. The first kappa shape index (κ1) is 25.2. The largest absolute Gasteiger partial charge is 0.497 e. The van der Waals surface area contributed by atoms with Crippen molar-refractivity contribution >= 4 is 40.4 Å². The Kier molecular flexibility index (Phi) is 7.23. The van der Waals surface area contributed by atoms with E-state index in [0.29, 0.717) is 40.7 Å². The molecule has 38 heavy (non-hydrogen) atoms. The van der Waals surface area contributed by atoms with E-state index in [0.717, 1.165) is 5.56 Å². The first-order chi connectivity index (χ1) is 18.4. The molecule has 0 saturated carbocycles. The molecule has 0 unspecified atom stereocenters. The Balaban J connectivity index is 1.33. The van der Waals surface area contributed by atoms with Crippen LogP contribution in [0.15, 0.2) is 71.7 Å². The molecule has 3 heterocycles. The number of methoxy groups -OCH3 is 1. The number of anilines is 1. The maximum atomic E-state index is 13.5. The molecule has 0 bridgehead atoms. The van der Waals surface area contributed by atoms with Crippen molar-refractivity contribution in [1.29, 1.82) is 0 Å². The second-order valence-electron chi connectivity index (χ2n) is 8.76. The molecule has 2 aromatic heterocycles. The lowest BCUT2D eigenvalue weighted by atomic mass is 10.2. The van der Waals surface area contributed by atoms with Gasteiger partial charge in [0.25, 0.3) is 11.5 Å². The maximum absolute atomic E-state index is 13.5. The van der Waals surface area contributed by atoms with Crippen LogP contribution in [-0.2, 0) is 6.54 Å². The van der Waals surface area contributed by atoms with E-state index in [1.54, 1.807) is 59.5 Å². The van der Waals surface area contributed by atoms with E-state index in [-0.39, 0.29) is 31.4 Å². The lowest BCUT2D eigenvalue weighted by Crippen LogP contribution is -2.52. The fourth-order valence-electron chi connectivity index (χ4n) is 4.27. The van der Waals surface area contributed by atoms with Crippen LogP contribution in [-0.4, -0.2) is 69.6 Å². The Bertz CT molecular complexity index is 1530. The average Bonchev–Trinajstić information content (AvgIpc) is 2.95. The monoisotopic (exact) mass is 532 g/mol. The van der Waals surface area contributed by atoms with Crippen LogP contribution in [0.3, 0.4) is 0 Å². The van der Waals surface area contributed by atoms with E-state index in [4.69, 9.17) is 16.3 Å². The summed E-state index contributed by atoms with van der Waals surface area (Å²) in [5, 5.41) is 3.41. The number of hydrogen-bond acceptors (Lipinski definition) is 6. The highest BCUT2D eigenvalue weighted by atomic mass is 35.5. The van der Waals surface area contributed by atoms with E-state index in [1.165, 1.54) is 4.57 Å². The second kappa shape index (κ2) is 10.9. The van der Waals surface area contributed by atoms with Gasteiger partial charge in [-0.1, -0.05) is 23.7 Å². The predicted octanol–water partition coefficient (Wildman–Crippen LogP) is 3.49. The number of nitrogens with one attached hydrogen (secondary N) is 1. The topological polar surface area (TPSA) is 110 Å². The second-order valence-corrected chi connectivity index (χ2v) is 9.20. The quantitative estimate of drug-likeness (QED) is 0.421. The minimum absolute atomic E-state index is 0.168. The van der Waals surface area contributed by atoms with E-state index in [1.807, 2.05) is 24.3 Å². The molecule has 2 aromatic carbocycles. The highest BCUT2D eigenvalue weighted by Gasteiger charge is 2.28. The van der Waals surface area contributed by atoms with Crippen molar-refractivity contribution in [1.82, 2.24) is 24.3 Å². The van der Waals surface area contributed by atoms with Crippen LogP contribution < -0.4 is 15.6 Å². The van der Waals surface area contributed by atoms with Gasteiger partial charge >= 0.3 is 6.03 Å². The van der Waals surface area contributed by atoms with Gasteiger partial charge in [0, 0.05) is 43.1 Å². The summed E-state index contributed by atoms with van der Waals surface area (Å²) in [5.74, 6) is 0.234. The van der Waals surface area contributed by atoms with Gasteiger partial charge in [-0.2, -0.15) is 0 Å². The number of pyridine rings is 1. The maximum Gasteiger partial charge on any atom is 0.321 e. The Labute approximate surface area is 223 Å². The summed E-state index contributed by atoms with van der Waals surface area (Å²) < 4.78 is 6.68. The molecule has 0 atom stereocenters. The van der Waals surface area contributed by atoms with Crippen LogP contribution >= 0.6 is 11.6 Å². The van der Waals surface area contributed by atoms with Gasteiger partial charge in [-0.15, -0.1) is 0 Å². The summed E-state index contributed by atoms with van der Waals surface area (Å²) in [6.45, 7) is 1.41. The number of nitrogens with zero attached hydrogens (tertiary/aromatic N) is 5. The molecule has 1 saturated heterocycles. The highest BCUT2D eigenvalue weighted by Crippen LogP contribution is 2.17. The molecule has 1 aliphatic heterocycles. The summed E-state index contributed by atoms with van der Waals surface area (Å²) >= 11 is 5.90. The van der Waals surface area contributed by atoms with Crippen LogP contribution in [0, 0.1) is 0 Å². The smallest absolute Gasteiger partial charge is 0.321 e. The Morgan fingerprint density at radius 1 is 0.974 bits per heavy atom. The number of aromatic nitrogens is 3. The van der Waals surface area contributed by atoms with Gasteiger partial charge in [0.1, 0.15) is 11.3 Å². The van der Waals surface area contributed by atoms with Crippen molar-refractivity contribution in [3.8, 4) is 5.75 Å². The number of hydrogen-bond donors (Lipinski definition) is 1. The fourth-order valence-corrected chi connectivity index (χ4v) is 4.40. The highest BCUT2D eigenvalue weighted by molar-refractivity contribution is 6.30. The molecule has 11 heteroatoms. The van der Waals surface area contributed by atoms with Crippen molar-refractivity contribution in [2.45, 2.75) is 6.54 Å². The lowest BCUT2D eigenvalue weighted by Gasteiger charge is -2.34. The Morgan fingerprint density at radius 3 is 2.34 bits per heavy atom. The molecular formula is C27H25ClN6O4. The minimum Gasteiger partial charge on any atom is -0.497 e. The zero-order valence-corrected chi connectivity index (χ0v) is 21.4. The van der Waals surface area contributed by atoms with Gasteiger partial charge < -0.3 is 19.9 Å². The lowest BCUT2D eigenvalue weighted by molar-refractivity contribution is 0.0663. The minimum atomic E-state index is -0.514. The first-order valence-electron chi connectivity index (χ1n) is 12.0. The van der Waals surface area contributed by atoms with Crippen molar-refractivity contribution < 1.29 is 14.3 Å². The molecule has 1 N–H and O–H groups in total. The third-order valence-electron chi connectivity index (χ3n) is 6.35. The van der Waals surface area contributed by atoms with E-state index >= 15 is 0 Å². The van der Waals surface area contributed by atoms with E-state index in [2.05, 4.69) is 15.3 Å². The molecule has 5 rings (SSSR count). The number of piperazine rings is 1. The summed E-state index contributed by atoms with van der Waals surface area (Å²) in [6.07, 6.45) is 1.59.